The summed E-state index contributed by atoms with van der Waals surface area (Å²) in [6.07, 6.45) is 3.03. The summed E-state index contributed by atoms with van der Waals surface area (Å²) in [5.41, 5.74) is 1.31. The molecule has 1 saturated heterocycles. The number of Topliss-reactive ketones (excluding diaryl/α,β-unsaturated/α-hetero) is 1. The van der Waals surface area contributed by atoms with Gasteiger partial charge in [0, 0.05) is 41.4 Å². The third kappa shape index (κ3) is 3.92. The lowest BCUT2D eigenvalue weighted by molar-refractivity contribution is -0.140. The van der Waals surface area contributed by atoms with E-state index in [0.29, 0.717) is 22.9 Å². The summed E-state index contributed by atoms with van der Waals surface area (Å²) in [6, 6.07) is 8.64. The normalized spacial score (nSPS) is 20.9. The van der Waals surface area contributed by atoms with Crippen molar-refractivity contribution in [1.29, 1.82) is 0 Å². The highest BCUT2D eigenvalue weighted by atomic mass is 35.5. The van der Waals surface area contributed by atoms with E-state index in [9.17, 15) is 23.9 Å². The lowest BCUT2D eigenvalue weighted by atomic mass is 10.1. The fraction of sp³-hybridized carbons (Fsp3) is 0.320. The molecular formula is C25H23ClFN3O4. The lowest BCUT2D eigenvalue weighted by Crippen LogP contribution is -2.48. The molecule has 1 aromatic heterocycles. The van der Waals surface area contributed by atoms with Gasteiger partial charge in [-0.05, 0) is 43.9 Å². The van der Waals surface area contributed by atoms with Crippen molar-refractivity contribution >= 4 is 40.1 Å². The Morgan fingerprint density at radius 1 is 1.21 bits per heavy atom. The van der Waals surface area contributed by atoms with Crippen molar-refractivity contribution in [2.24, 2.45) is 5.92 Å². The Morgan fingerprint density at radius 3 is 2.76 bits per heavy atom. The minimum absolute atomic E-state index is 0.00802. The average Bonchev–Trinajstić information content (AvgIpc) is 3.31. The first-order chi connectivity index (χ1) is 16.2. The second kappa shape index (κ2) is 8.43. The van der Waals surface area contributed by atoms with Gasteiger partial charge < -0.3 is 19.9 Å². The van der Waals surface area contributed by atoms with Crippen molar-refractivity contribution in [3.63, 3.8) is 0 Å². The molecule has 5 rings (SSSR count). The van der Waals surface area contributed by atoms with Crippen LogP contribution in [0.2, 0.25) is 5.02 Å². The third-order valence-corrected chi connectivity index (χ3v) is 7.02. The van der Waals surface area contributed by atoms with Crippen molar-refractivity contribution in [2.45, 2.75) is 44.9 Å². The number of likely N-dealkylation sites (tertiary alicyclic amines) is 1. The van der Waals surface area contributed by atoms with E-state index >= 15 is 0 Å². The Hall–Kier alpha value is -3.39. The number of aromatic nitrogens is 1. The second-order valence-corrected chi connectivity index (χ2v) is 9.38. The van der Waals surface area contributed by atoms with E-state index in [4.69, 9.17) is 11.6 Å². The Bertz CT molecular complexity index is 1340. The molecule has 1 aliphatic heterocycles. The minimum atomic E-state index is -0.638. The number of carbonyl (C=O) groups excluding carboxylic acids is 3. The molecule has 176 valence electrons. The van der Waals surface area contributed by atoms with E-state index in [0.717, 1.165) is 6.42 Å². The summed E-state index contributed by atoms with van der Waals surface area (Å²) >= 11 is 5.82. The smallest absolute Gasteiger partial charge is 0.243 e. The van der Waals surface area contributed by atoms with Gasteiger partial charge in [0.25, 0.3) is 0 Å². The second-order valence-electron chi connectivity index (χ2n) is 8.97. The minimum Gasteiger partial charge on any atom is -0.508 e. The fourth-order valence-electron chi connectivity index (χ4n) is 4.95. The van der Waals surface area contributed by atoms with Gasteiger partial charge in [-0.3, -0.25) is 14.4 Å². The number of rotatable bonds is 6. The average molecular weight is 484 g/mol. The van der Waals surface area contributed by atoms with Gasteiger partial charge in [0.2, 0.25) is 11.8 Å². The van der Waals surface area contributed by atoms with Gasteiger partial charge >= 0.3 is 0 Å². The summed E-state index contributed by atoms with van der Waals surface area (Å²) in [5, 5.41) is 13.3. The largest absolute Gasteiger partial charge is 0.508 e. The Labute approximate surface area is 200 Å². The number of benzene rings is 2. The fourth-order valence-corrected chi connectivity index (χ4v) is 5.15. The van der Waals surface area contributed by atoms with Gasteiger partial charge in [0.15, 0.2) is 5.78 Å². The number of phenols is 1. The van der Waals surface area contributed by atoms with Crippen LogP contribution in [-0.2, 0) is 22.7 Å². The Balaban J connectivity index is 1.34. The summed E-state index contributed by atoms with van der Waals surface area (Å²) in [7, 11) is 0. The number of nitrogens with zero attached hydrogens (tertiary/aromatic N) is 2. The first-order valence-corrected chi connectivity index (χ1v) is 11.5. The number of aromatic hydroxyl groups is 1. The number of halogens is 2. The maximum absolute atomic E-state index is 14.2. The highest BCUT2D eigenvalue weighted by molar-refractivity contribution is 6.30. The van der Waals surface area contributed by atoms with Crippen LogP contribution >= 0.6 is 11.6 Å². The third-order valence-electron chi connectivity index (χ3n) is 6.73. The molecule has 7 nitrogen and oxygen atoms in total. The first kappa shape index (κ1) is 22.4. The molecule has 9 heteroatoms. The number of ketones is 1. The molecule has 2 heterocycles. The van der Waals surface area contributed by atoms with E-state index in [1.54, 1.807) is 33.9 Å². The summed E-state index contributed by atoms with van der Waals surface area (Å²) in [5.74, 6) is -0.982. The molecule has 3 atom stereocenters. The topological polar surface area (TPSA) is 91.6 Å². The van der Waals surface area contributed by atoms with Crippen LogP contribution in [0.4, 0.5) is 4.39 Å². The number of fused-ring (bicyclic) bond motifs is 2. The van der Waals surface area contributed by atoms with Crippen molar-refractivity contribution in [2.75, 3.05) is 0 Å². The van der Waals surface area contributed by atoms with Gasteiger partial charge in [-0.2, -0.15) is 0 Å². The van der Waals surface area contributed by atoms with Crippen molar-refractivity contribution in [1.82, 2.24) is 14.8 Å². The molecule has 2 amide bonds. The van der Waals surface area contributed by atoms with E-state index in [1.165, 1.54) is 25.1 Å². The van der Waals surface area contributed by atoms with Gasteiger partial charge in [0.05, 0.1) is 10.5 Å². The SMILES string of the molecule is CC(=O)c1cn(CC(=O)N2[C@@H]3CC3C[C@H]2C(=O)NCc2cccc(Cl)c2F)c2cc(O)ccc12. The first-order valence-electron chi connectivity index (χ1n) is 11.1. The zero-order valence-corrected chi connectivity index (χ0v) is 19.2. The molecule has 0 bridgehead atoms. The number of hydrogen-bond donors (Lipinski definition) is 2. The quantitative estimate of drug-likeness (QED) is 0.523. The van der Waals surface area contributed by atoms with Gasteiger partial charge in [-0.25, -0.2) is 4.39 Å². The summed E-state index contributed by atoms with van der Waals surface area (Å²) in [6.45, 7) is 1.36. The number of amides is 2. The molecule has 2 fully saturated rings. The predicted octanol–water partition coefficient (Wildman–Crippen LogP) is 3.65. The molecule has 0 radical (unpaired) electrons. The number of piperidine rings is 1. The van der Waals surface area contributed by atoms with Crippen LogP contribution in [0.3, 0.4) is 0 Å². The molecule has 34 heavy (non-hydrogen) atoms. The lowest BCUT2D eigenvalue weighted by Gasteiger charge is -2.27. The molecule has 2 aliphatic rings. The van der Waals surface area contributed by atoms with Crippen LogP contribution < -0.4 is 5.32 Å². The van der Waals surface area contributed by atoms with Crippen LogP contribution in [0, 0.1) is 11.7 Å². The van der Waals surface area contributed by atoms with Crippen molar-refractivity contribution < 1.29 is 23.9 Å². The molecule has 1 saturated carbocycles. The molecular weight excluding hydrogens is 461 g/mol. The molecule has 2 N–H and O–H groups in total. The van der Waals surface area contributed by atoms with Gasteiger partial charge in [-0.1, -0.05) is 23.7 Å². The zero-order chi connectivity index (χ0) is 24.1. The monoisotopic (exact) mass is 483 g/mol. The van der Waals surface area contributed by atoms with Crippen LogP contribution in [0.25, 0.3) is 10.9 Å². The Kier molecular flexibility index (Phi) is 5.56. The molecule has 0 spiro atoms. The molecule has 3 aromatic rings. The summed E-state index contributed by atoms with van der Waals surface area (Å²) < 4.78 is 15.8. The summed E-state index contributed by atoms with van der Waals surface area (Å²) in [4.78, 5) is 40.0. The highest BCUT2D eigenvalue weighted by Gasteiger charge is 2.55. The maximum Gasteiger partial charge on any atom is 0.243 e. The van der Waals surface area contributed by atoms with Crippen LogP contribution in [-0.4, -0.2) is 44.3 Å². The van der Waals surface area contributed by atoms with Gasteiger partial charge in [0.1, 0.15) is 24.2 Å². The number of carbonyl (C=O) groups is 3. The van der Waals surface area contributed by atoms with E-state index in [1.807, 2.05) is 0 Å². The van der Waals surface area contributed by atoms with E-state index in [-0.39, 0.29) is 59.0 Å². The predicted molar refractivity (Wildman–Crippen MR) is 124 cm³/mol. The van der Waals surface area contributed by atoms with Crippen molar-refractivity contribution in [3.8, 4) is 5.75 Å². The number of nitrogens with one attached hydrogen (secondary N) is 1. The highest BCUT2D eigenvalue weighted by Crippen LogP contribution is 2.48. The van der Waals surface area contributed by atoms with Crippen LogP contribution in [0.15, 0.2) is 42.6 Å². The van der Waals surface area contributed by atoms with E-state index in [2.05, 4.69) is 5.32 Å². The number of hydrogen-bond acceptors (Lipinski definition) is 4. The molecule has 2 aromatic carbocycles. The Morgan fingerprint density at radius 2 is 2.00 bits per heavy atom. The van der Waals surface area contributed by atoms with Crippen LogP contribution in [0.5, 0.6) is 5.75 Å². The maximum atomic E-state index is 14.2. The number of phenolic OH excluding ortho intramolecular Hbond substituents is 1. The molecule has 1 unspecified atom stereocenters. The zero-order valence-electron chi connectivity index (χ0n) is 18.4. The molecule has 1 aliphatic carbocycles. The van der Waals surface area contributed by atoms with E-state index < -0.39 is 11.9 Å². The standard InChI is InChI=1S/C25H23ClFN3O4/c1-13(31)18-11-29(21-9-16(32)5-6-17(18)21)12-23(33)30-20-7-15(20)8-22(30)25(34)28-10-14-3-2-4-19(26)24(14)27/h2-6,9,11,15,20,22,32H,7-8,10,12H2,1H3,(H,28,34)/t15?,20-,22+/m1/s1. The van der Waals surface area contributed by atoms with Crippen LogP contribution in [0.1, 0.15) is 35.7 Å². The van der Waals surface area contributed by atoms with Gasteiger partial charge in [-0.15, -0.1) is 0 Å². The van der Waals surface area contributed by atoms with Crippen molar-refractivity contribution in [3.05, 3.63) is 64.6 Å².